The number of aryl methyl sites for hydroxylation is 1. The zero-order valence-electron chi connectivity index (χ0n) is 21.6. The van der Waals surface area contributed by atoms with E-state index in [2.05, 4.69) is 35.9 Å². The van der Waals surface area contributed by atoms with Crippen LogP contribution in [0.5, 0.6) is 0 Å². The van der Waals surface area contributed by atoms with Gasteiger partial charge in [-0.25, -0.2) is 0 Å². The average molecular weight is 508 g/mol. The van der Waals surface area contributed by atoms with Gasteiger partial charge in [0.2, 0.25) is 5.91 Å². The molecule has 0 N–H and O–H groups in total. The molecule has 2 heterocycles. The van der Waals surface area contributed by atoms with Gasteiger partial charge in [0, 0.05) is 62.3 Å². The van der Waals surface area contributed by atoms with Crippen LogP contribution in [0.15, 0.2) is 48.5 Å². The zero-order chi connectivity index (χ0) is 25.1. The smallest absolute Gasteiger partial charge is 0.246 e. The monoisotopic (exact) mass is 507 g/mol. The molecule has 0 bridgehead atoms. The lowest BCUT2D eigenvalue weighted by Gasteiger charge is -2.40. The summed E-state index contributed by atoms with van der Waals surface area (Å²) in [6.45, 7) is 9.75. The standard InChI is InChI=1S/C30H38ClN3O2/c1-23-6-3-4-7-24(23)10-11-28(35)34-14-12-30(13-15-34)22-27(25-8-5-9-26(31)29(25)30)36-21-20-33-18-16-32(2)17-19-33/h3-11,27H,12-22H2,1-2H3/b11-10+. The Labute approximate surface area is 220 Å². The Bertz CT molecular complexity index is 1100. The summed E-state index contributed by atoms with van der Waals surface area (Å²) in [4.78, 5) is 19.8. The lowest BCUT2D eigenvalue weighted by molar-refractivity contribution is -0.127. The highest BCUT2D eigenvalue weighted by molar-refractivity contribution is 6.31. The Hall–Kier alpha value is -2.18. The molecule has 2 aromatic carbocycles. The van der Waals surface area contributed by atoms with E-state index in [1.807, 2.05) is 41.3 Å². The van der Waals surface area contributed by atoms with Crippen LogP contribution in [0.2, 0.25) is 5.02 Å². The maximum absolute atomic E-state index is 13.0. The van der Waals surface area contributed by atoms with Gasteiger partial charge in [-0.2, -0.15) is 0 Å². The van der Waals surface area contributed by atoms with Crippen LogP contribution in [0, 0.1) is 6.92 Å². The van der Waals surface area contributed by atoms with Gasteiger partial charge in [0.05, 0.1) is 12.7 Å². The topological polar surface area (TPSA) is 36.0 Å². The highest BCUT2D eigenvalue weighted by Gasteiger charge is 2.47. The van der Waals surface area contributed by atoms with Gasteiger partial charge in [-0.3, -0.25) is 9.69 Å². The number of benzene rings is 2. The van der Waals surface area contributed by atoms with E-state index in [4.69, 9.17) is 16.3 Å². The van der Waals surface area contributed by atoms with Crippen molar-refractivity contribution in [2.24, 2.45) is 0 Å². The van der Waals surface area contributed by atoms with Crippen molar-refractivity contribution in [1.29, 1.82) is 0 Å². The van der Waals surface area contributed by atoms with Crippen LogP contribution in [0.25, 0.3) is 6.08 Å². The quantitative estimate of drug-likeness (QED) is 0.519. The molecule has 2 saturated heterocycles. The van der Waals surface area contributed by atoms with Crippen molar-refractivity contribution in [2.75, 3.05) is 59.5 Å². The van der Waals surface area contributed by atoms with Gasteiger partial charge in [0.25, 0.3) is 0 Å². The number of likely N-dealkylation sites (N-methyl/N-ethyl adjacent to an activating group) is 1. The van der Waals surface area contributed by atoms with Crippen molar-refractivity contribution >= 4 is 23.6 Å². The molecule has 1 unspecified atom stereocenters. The number of ether oxygens (including phenoxy) is 1. The third-order valence-corrected chi connectivity index (χ3v) is 8.76. The Kier molecular flexibility index (Phi) is 7.82. The number of fused-ring (bicyclic) bond motifs is 2. The normalized spacial score (nSPS) is 22.4. The molecular formula is C30H38ClN3O2. The molecule has 2 fully saturated rings. The van der Waals surface area contributed by atoms with Crippen molar-refractivity contribution in [2.45, 2.75) is 37.7 Å². The fourth-order valence-corrected chi connectivity index (χ4v) is 6.51. The van der Waals surface area contributed by atoms with Gasteiger partial charge in [0.1, 0.15) is 0 Å². The predicted molar refractivity (Wildman–Crippen MR) is 146 cm³/mol. The first-order valence-corrected chi connectivity index (χ1v) is 13.7. The second kappa shape index (κ2) is 11.1. The third kappa shape index (κ3) is 5.40. The minimum absolute atomic E-state index is 0.0112. The molecule has 2 aliphatic heterocycles. The van der Waals surface area contributed by atoms with Gasteiger partial charge >= 0.3 is 0 Å². The Balaban J connectivity index is 1.22. The molecule has 1 amide bonds. The SMILES string of the molecule is Cc1ccccc1/C=C/C(=O)N1CCC2(CC1)CC(OCCN1CCN(C)CC1)c1cccc(Cl)c12. The van der Waals surface area contributed by atoms with Crippen LogP contribution in [-0.4, -0.2) is 80.1 Å². The van der Waals surface area contributed by atoms with Crippen LogP contribution in [-0.2, 0) is 14.9 Å². The molecule has 1 aliphatic carbocycles. The molecule has 192 valence electrons. The number of piperidine rings is 1. The fourth-order valence-electron chi connectivity index (χ4n) is 6.13. The Morgan fingerprint density at radius 3 is 2.56 bits per heavy atom. The van der Waals surface area contributed by atoms with Crippen LogP contribution in [0.3, 0.4) is 0 Å². The summed E-state index contributed by atoms with van der Waals surface area (Å²) in [5, 5.41) is 0.844. The maximum atomic E-state index is 13.0. The number of likely N-dealkylation sites (tertiary alicyclic amines) is 1. The summed E-state index contributed by atoms with van der Waals surface area (Å²) in [6.07, 6.45) is 6.54. The predicted octanol–water partition coefficient (Wildman–Crippen LogP) is 4.93. The Morgan fingerprint density at radius 2 is 1.81 bits per heavy atom. The summed E-state index contributed by atoms with van der Waals surface area (Å²) in [7, 11) is 2.19. The lowest BCUT2D eigenvalue weighted by atomic mass is 9.73. The number of carbonyl (C=O) groups is 1. The molecule has 0 radical (unpaired) electrons. The van der Waals surface area contributed by atoms with Crippen molar-refractivity contribution in [3.63, 3.8) is 0 Å². The number of halogens is 1. The number of amides is 1. The first kappa shape index (κ1) is 25.5. The molecule has 6 heteroatoms. The van der Waals surface area contributed by atoms with Crippen molar-refractivity contribution in [3.05, 3.63) is 75.8 Å². The average Bonchev–Trinajstić information content (AvgIpc) is 3.19. The molecule has 0 saturated carbocycles. The Morgan fingerprint density at radius 1 is 1.06 bits per heavy atom. The summed E-state index contributed by atoms with van der Waals surface area (Å²) < 4.78 is 6.51. The first-order valence-electron chi connectivity index (χ1n) is 13.3. The second-order valence-corrected chi connectivity index (χ2v) is 11.1. The number of hydrogen-bond donors (Lipinski definition) is 0. The summed E-state index contributed by atoms with van der Waals surface area (Å²) in [5.74, 6) is 0.0884. The molecule has 36 heavy (non-hydrogen) atoms. The van der Waals surface area contributed by atoms with Crippen LogP contribution < -0.4 is 0 Å². The largest absolute Gasteiger partial charge is 0.372 e. The third-order valence-electron chi connectivity index (χ3n) is 8.45. The highest BCUT2D eigenvalue weighted by atomic mass is 35.5. The number of piperazine rings is 1. The summed E-state index contributed by atoms with van der Waals surface area (Å²) >= 11 is 6.80. The van der Waals surface area contributed by atoms with Crippen LogP contribution >= 0.6 is 11.6 Å². The number of hydrogen-bond acceptors (Lipinski definition) is 4. The van der Waals surface area contributed by atoms with E-state index >= 15 is 0 Å². The van der Waals surface area contributed by atoms with Gasteiger partial charge in [0.15, 0.2) is 0 Å². The van der Waals surface area contributed by atoms with Crippen LogP contribution in [0.4, 0.5) is 0 Å². The minimum atomic E-state index is -0.0112. The molecule has 1 atom stereocenters. The second-order valence-electron chi connectivity index (χ2n) is 10.7. The number of nitrogens with zero attached hydrogens (tertiary/aromatic N) is 3. The fraction of sp³-hybridized carbons (Fsp3) is 0.500. The van der Waals surface area contributed by atoms with Gasteiger partial charge in [-0.1, -0.05) is 48.0 Å². The molecule has 5 rings (SSSR count). The summed E-state index contributed by atoms with van der Waals surface area (Å²) in [6, 6.07) is 14.4. The molecule has 2 aromatic rings. The van der Waals surface area contributed by atoms with E-state index in [-0.39, 0.29) is 17.4 Å². The molecule has 3 aliphatic rings. The van der Waals surface area contributed by atoms with Crippen molar-refractivity contribution in [1.82, 2.24) is 14.7 Å². The van der Waals surface area contributed by atoms with E-state index in [0.717, 1.165) is 82.3 Å². The minimum Gasteiger partial charge on any atom is -0.372 e. The molecule has 0 aromatic heterocycles. The van der Waals surface area contributed by atoms with Gasteiger partial charge in [-0.05, 0) is 67.6 Å². The van der Waals surface area contributed by atoms with E-state index in [1.54, 1.807) is 6.08 Å². The van der Waals surface area contributed by atoms with Gasteiger partial charge in [-0.15, -0.1) is 0 Å². The lowest BCUT2D eigenvalue weighted by Crippen LogP contribution is -2.45. The van der Waals surface area contributed by atoms with Crippen molar-refractivity contribution in [3.8, 4) is 0 Å². The number of rotatable bonds is 6. The van der Waals surface area contributed by atoms with E-state index in [9.17, 15) is 4.79 Å². The van der Waals surface area contributed by atoms with Crippen molar-refractivity contribution < 1.29 is 9.53 Å². The van der Waals surface area contributed by atoms with Crippen LogP contribution in [0.1, 0.15) is 47.6 Å². The zero-order valence-corrected chi connectivity index (χ0v) is 22.3. The highest BCUT2D eigenvalue weighted by Crippen LogP contribution is 2.54. The molecular weight excluding hydrogens is 470 g/mol. The summed E-state index contributed by atoms with van der Waals surface area (Å²) in [5.41, 5.74) is 4.77. The maximum Gasteiger partial charge on any atom is 0.246 e. The number of carbonyl (C=O) groups excluding carboxylic acids is 1. The van der Waals surface area contributed by atoms with Gasteiger partial charge < -0.3 is 14.5 Å². The first-order chi connectivity index (χ1) is 17.4. The molecule has 5 nitrogen and oxygen atoms in total. The molecule has 1 spiro atoms. The van der Waals surface area contributed by atoms with E-state index in [1.165, 1.54) is 16.7 Å². The van der Waals surface area contributed by atoms with E-state index in [0.29, 0.717) is 0 Å². The van der Waals surface area contributed by atoms with E-state index < -0.39 is 0 Å².